The van der Waals surface area contributed by atoms with Crippen molar-refractivity contribution in [1.82, 2.24) is 20.2 Å². The third kappa shape index (κ3) is 4.30. The van der Waals surface area contributed by atoms with Crippen molar-refractivity contribution >= 4 is 11.7 Å². The molecule has 1 unspecified atom stereocenters. The Hall–Kier alpha value is -1.73. The number of hydrogen-bond donors (Lipinski definition) is 2. The molecule has 0 radical (unpaired) electrons. The Bertz CT molecular complexity index is 719. The molecular weight excluding hydrogens is 354 g/mol. The number of aliphatic hydroxyl groups excluding tert-OH is 1. The van der Waals surface area contributed by atoms with Crippen LogP contribution in [0, 0.1) is 11.8 Å². The van der Waals surface area contributed by atoms with E-state index < -0.39 is 0 Å². The van der Waals surface area contributed by atoms with Gasteiger partial charge in [0.2, 0.25) is 0 Å². The Balaban J connectivity index is 1.61. The van der Waals surface area contributed by atoms with Crippen LogP contribution in [0.2, 0.25) is 0 Å². The summed E-state index contributed by atoms with van der Waals surface area (Å²) in [4.78, 5) is 26.9. The Labute approximate surface area is 167 Å². The summed E-state index contributed by atoms with van der Waals surface area (Å²) in [6, 6.07) is 0.343. The van der Waals surface area contributed by atoms with Gasteiger partial charge in [0.05, 0.1) is 0 Å². The molecular formula is C21H33N5O2. The van der Waals surface area contributed by atoms with Gasteiger partial charge in [0, 0.05) is 57.4 Å². The molecule has 1 aromatic rings. The highest BCUT2D eigenvalue weighted by atomic mass is 16.3. The van der Waals surface area contributed by atoms with E-state index in [1.165, 1.54) is 12.8 Å². The Kier molecular flexibility index (Phi) is 5.83. The number of rotatable bonds is 7. The third-order valence-corrected chi connectivity index (χ3v) is 6.05. The van der Waals surface area contributed by atoms with Crippen molar-refractivity contribution < 1.29 is 9.90 Å². The van der Waals surface area contributed by atoms with Crippen molar-refractivity contribution in [3.05, 3.63) is 17.1 Å². The molecule has 3 heterocycles. The average Bonchev–Trinajstić information content (AvgIpc) is 3.47. The van der Waals surface area contributed by atoms with Crippen LogP contribution in [0.25, 0.3) is 0 Å². The Morgan fingerprint density at radius 2 is 2.07 bits per heavy atom. The first kappa shape index (κ1) is 19.6. The number of carbonyl (C=O) groups excluding carboxylic acids is 1. The smallest absolute Gasteiger partial charge is 0.270 e. The summed E-state index contributed by atoms with van der Waals surface area (Å²) in [5.74, 6) is 2.93. The molecule has 0 aromatic carbocycles. The number of amides is 1. The van der Waals surface area contributed by atoms with Crippen molar-refractivity contribution in [1.29, 1.82) is 0 Å². The molecule has 1 atom stereocenters. The van der Waals surface area contributed by atoms with Crippen LogP contribution in [0.3, 0.4) is 0 Å². The van der Waals surface area contributed by atoms with Crippen molar-refractivity contribution in [3.8, 4) is 0 Å². The van der Waals surface area contributed by atoms with Gasteiger partial charge >= 0.3 is 0 Å². The van der Waals surface area contributed by atoms with Gasteiger partial charge in [0.15, 0.2) is 0 Å². The lowest BCUT2D eigenvalue weighted by Gasteiger charge is -2.43. The van der Waals surface area contributed by atoms with Gasteiger partial charge < -0.3 is 15.3 Å². The highest BCUT2D eigenvalue weighted by molar-refractivity contribution is 5.96. The molecule has 7 heteroatoms. The van der Waals surface area contributed by atoms with Gasteiger partial charge in [-0.15, -0.1) is 0 Å². The average molecular weight is 388 g/mol. The summed E-state index contributed by atoms with van der Waals surface area (Å²) in [5.41, 5.74) is 1.56. The number of hydrogen-bond acceptors (Lipinski definition) is 6. The summed E-state index contributed by atoms with van der Waals surface area (Å²) < 4.78 is 0. The topological polar surface area (TPSA) is 81.6 Å². The number of aromatic nitrogens is 2. The second-order valence-corrected chi connectivity index (χ2v) is 8.94. The zero-order chi connectivity index (χ0) is 19.7. The minimum absolute atomic E-state index is 0.0748. The van der Waals surface area contributed by atoms with Crippen LogP contribution < -0.4 is 10.2 Å². The fourth-order valence-electron chi connectivity index (χ4n) is 4.42. The fourth-order valence-corrected chi connectivity index (χ4v) is 4.42. The van der Waals surface area contributed by atoms with E-state index >= 15 is 0 Å². The van der Waals surface area contributed by atoms with Gasteiger partial charge in [-0.25, -0.2) is 9.97 Å². The van der Waals surface area contributed by atoms with Gasteiger partial charge in [-0.05, 0) is 37.5 Å². The minimum Gasteiger partial charge on any atom is -0.396 e. The van der Waals surface area contributed by atoms with E-state index in [0.29, 0.717) is 24.2 Å². The number of carbonyl (C=O) groups is 1. The number of nitrogens with one attached hydrogen (secondary N) is 1. The first-order chi connectivity index (χ1) is 13.5. The second-order valence-electron chi connectivity index (χ2n) is 8.94. The third-order valence-electron chi connectivity index (χ3n) is 6.05. The summed E-state index contributed by atoms with van der Waals surface area (Å²) in [6.07, 6.45) is 5.04. The summed E-state index contributed by atoms with van der Waals surface area (Å²) >= 11 is 0. The maximum Gasteiger partial charge on any atom is 0.270 e. The highest BCUT2D eigenvalue weighted by Gasteiger charge is 2.34. The summed E-state index contributed by atoms with van der Waals surface area (Å²) in [5, 5.41) is 12.5. The van der Waals surface area contributed by atoms with Crippen LogP contribution in [-0.2, 0) is 12.8 Å². The lowest BCUT2D eigenvalue weighted by Crippen LogP contribution is -2.54. The highest BCUT2D eigenvalue weighted by Crippen LogP contribution is 2.32. The number of fused-ring (bicyclic) bond motifs is 1. The van der Waals surface area contributed by atoms with Crippen LogP contribution >= 0.6 is 0 Å². The standard InChI is InChI=1S/C21H33N5O2/c1-14(2)11-18-23-19-17(5-7-22-21(19)28)20(24-18)26-9-8-25(12-15-3-4-15)16(13-26)6-10-27/h14-16,27H,3-13H2,1-2H3,(H,22,28). The molecule has 154 valence electrons. The predicted octanol–water partition coefficient (Wildman–Crippen LogP) is 1.24. The molecule has 28 heavy (non-hydrogen) atoms. The Morgan fingerprint density at radius 1 is 1.25 bits per heavy atom. The van der Waals surface area contributed by atoms with Crippen LogP contribution in [0.15, 0.2) is 0 Å². The number of anilines is 1. The molecule has 1 aliphatic carbocycles. The molecule has 1 amide bonds. The first-order valence-electron chi connectivity index (χ1n) is 10.8. The molecule has 0 bridgehead atoms. The van der Waals surface area contributed by atoms with Crippen LogP contribution in [0.5, 0.6) is 0 Å². The molecule has 1 aromatic heterocycles. The minimum atomic E-state index is -0.0748. The number of piperazine rings is 1. The van der Waals surface area contributed by atoms with Gasteiger partial charge in [0.1, 0.15) is 17.3 Å². The first-order valence-corrected chi connectivity index (χ1v) is 10.8. The van der Waals surface area contributed by atoms with E-state index in [2.05, 4.69) is 33.9 Å². The van der Waals surface area contributed by atoms with E-state index in [9.17, 15) is 9.90 Å². The van der Waals surface area contributed by atoms with Crippen LogP contribution in [-0.4, -0.2) is 71.3 Å². The lowest BCUT2D eigenvalue weighted by atomic mass is 10.0. The van der Waals surface area contributed by atoms with Crippen molar-refractivity contribution in [3.63, 3.8) is 0 Å². The second kappa shape index (κ2) is 8.33. The fraction of sp³-hybridized carbons (Fsp3) is 0.762. The van der Waals surface area contributed by atoms with Crippen LogP contribution in [0.4, 0.5) is 5.82 Å². The van der Waals surface area contributed by atoms with Gasteiger partial charge in [0.25, 0.3) is 5.91 Å². The zero-order valence-corrected chi connectivity index (χ0v) is 17.2. The van der Waals surface area contributed by atoms with Gasteiger partial charge in [-0.3, -0.25) is 9.69 Å². The normalized spacial score (nSPS) is 23.1. The monoisotopic (exact) mass is 387 g/mol. The summed E-state index contributed by atoms with van der Waals surface area (Å²) in [6.45, 7) is 9.08. The predicted molar refractivity (Wildman–Crippen MR) is 109 cm³/mol. The van der Waals surface area contributed by atoms with Crippen molar-refractivity contribution in [2.45, 2.75) is 52.0 Å². The van der Waals surface area contributed by atoms with E-state index in [0.717, 1.165) is 68.6 Å². The number of nitrogens with zero attached hydrogens (tertiary/aromatic N) is 4. The quantitative estimate of drug-likeness (QED) is 0.733. The van der Waals surface area contributed by atoms with Crippen molar-refractivity contribution in [2.75, 3.05) is 44.2 Å². The lowest BCUT2D eigenvalue weighted by molar-refractivity contribution is 0.0939. The van der Waals surface area contributed by atoms with E-state index in [4.69, 9.17) is 4.98 Å². The van der Waals surface area contributed by atoms with Gasteiger partial charge in [-0.2, -0.15) is 0 Å². The maximum absolute atomic E-state index is 12.4. The SMILES string of the molecule is CC(C)Cc1nc2c(c(N3CCN(CC4CC4)C(CCO)C3)n1)CCNC2=O. The summed E-state index contributed by atoms with van der Waals surface area (Å²) in [7, 11) is 0. The van der Waals surface area contributed by atoms with E-state index in [1.807, 2.05) is 0 Å². The molecule has 4 rings (SSSR count). The molecule has 3 aliphatic rings. The molecule has 2 fully saturated rings. The van der Waals surface area contributed by atoms with Crippen molar-refractivity contribution in [2.24, 2.45) is 11.8 Å². The number of aliphatic hydroxyl groups is 1. The molecule has 1 saturated heterocycles. The molecule has 7 nitrogen and oxygen atoms in total. The van der Waals surface area contributed by atoms with Crippen LogP contribution in [0.1, 0.15) is 55.0 Å². The molecule has 2 aliphatic heterocycles. The Morgan fingerprint density at radius 3 is 2.79 bits per heavy atom. The molecule has 2 N–H and O–H groups in total. The van der Waals surface area contributed by atoms with E-state index in [-0.39, 0.29) is 12.5 Å². The molecule has 0 spiro atoms. The molecule has 1 saturated carbocycles. The largest absolute Gasteiger partial charge is 0.396 e. The zero-order valence-electron chi connectivity index (χ0n) is 17.2. The van der Waals surface area contributed by atoms with E-state index in [1.54, 1.807) is 0 Å². The maximum atomic E-state index is 12.4. The van der Waals surface area contributed by atoms with Gasteiger partial charge in [-0.1, -0.05) is 13.8 Å².